The summed E-state index contributed by atoms with van der Waals surface area (Å²) in [6.45, 7) is 7.72. The van der Waals surface area contributed by atoms with Crippen LogP contribution in [0.5, 0.6) is 0 Å². The minimum Gasteiger partial charge on any atom is -0.481 e. The lowest BCUT2D eigenvalue weighted by atomic mass is 10.2. The van der Waals surface area contributed by atoms with E-state index in [4.69, 9.17) is 4.74 Å². The molecule has 0 spiro atoms. The topological polar surface area (TPSA) is 65.2 Å². The Morgan fingerprint density at radius 3 is 2.67 bits per heavy atom. The van der Waals surface area contributed by atoms with Crippen LogP contribution in [-0.4, -0.2) is 32.6 Å². The molecular formula is C20H18FN5O. The number of aliphatic imine (C=N–C) groups is 1. The van der Waals surface area contributed by atoms with E-state index in [2.05, 4.69) is 33.2 Å². The number of methoxy groups -OCH3 is 1. The lowest BCUT2D eigenvalue weighted by Gasteiger charge is -2.09. The number of halogens is 1. The number of hydrogen-bond donors (Lipinski definition) is 0. The van der Waals surface area contributed by atoms with Crippen LogP contribution in [0, 0.1) is 5.82 Å². The van der Waals surface area contributed by atoms with Crippen molar-refractivity contribution in [3.63, 3.8) is 0 Å². The molecule has 0 saturated carbocycles. The van der Waals surface area contributed by atoms with Crippen LogP contribution < -0.4 is 0 Å². The van der Waals surface area contributed by atoms with Gasteiger partial charge in [0.25, 0.3) is 0 Å². The summed E-state index contributed by atoms with van der Waals surface area (Å²) >= 11 is 0. The number of nitrogens with zero attached hydrogens (tertiary/aromatic N) is 5. The van der Waals surface area contributed by atoms with Gasteiger partial charge in [-0.15, -0.1) is 0 Å². The molecular weight excluding hydrogens is 345 g/mol. The molecule has 2 heterocycles. The highest BCUT2D eigenvalue weighted by atomic mass is 19.1. The van der Waals surface area contributed by atoms with E-state index in [1.165, 1.54) is 13.2 Å². The maximum atomic E-state index is 14.1. The van der Waals surface area contributed by atoms with Crippen LogP contribution in [0.15, 0.2) is 78.9 Å². The summed E-state index contributed by atoms with van der Waals surface area (Å²) in [5.74, 6) is 0.371. The highest BCUT2D eigenvalue weighted by Crippen LogP contribution is 2.19. The first-order valence-electron chi connectivity index (χ1n) is 8.15. The molecule has 3 rings (SSSR count). The molecule has 27 heavy (non-hydrogen) atoms. The lowest BCUT2D eigenvalue weighted by molar-refractivity contribution is 0.291. The van der Waals surface area contributed by atoms with E-state index in [1.54, 1.807) is 53.5 Å². The first-order valence-corrected chi connectivity index (χ1v) is 8.15. The molecule has 3 aromatic rings. The zero-order chi connectivity index (χ0) is 19.2. The van der Waals surface area contributed by atoms with Crippen molar-refractivity contribution in [2.75, 3.05) is 7.11 Å². The van der Waals surface area contributed by atoms with E-state index in [1.807, 2.05) is 0 Å². The van der Waals surface area contributed by atoms with Crippen molar-refractivity contribution in [3.8, 4) is 11.5 Å². The second kappa shape index (κ2) is 8.18. The Labute approximate surface area is 156 Å². The molecule has 2 aromatic heterocycles. The molecule has 6 nitrogen and oxygen atoms in total. The smallest absolute Gasteiger partial charge is 0.206 e. The molecule has 0 radical (unpaired) electrons. The highest BCUT2D eigenvalue weighted by Gasteiger charge is 2.16. The molecule has 0 fully saturated rings. The Morgan fingerprint density at radius 1 is 1.26 bits per heavy atom. The molecule has 136 valence electrons. The number of allylic oxidation sites excluding steroid dienone is 1. The minimum atomic E-state index is -0.310. The van der Waals surface area contributed by atoms with Gasteiger partial charge >= 0.3 is 0 Å². The molecule has 0 amide bonds. The van der Waals surface area contributed by atoms with Crippen LogP contribution in [0.25, 0.3) is 11.5 Å². The normalized spacial score (nSPS) is 11.3. The molecule has 0 aliphatic rings. The number of rotatable bonds is 7. The van der Waals surface area contributed by atoms with E-state index in [-0.39, 0.29) is 18.2 Å². The Hall–Kier alpha value is -3.61. The number of hydrogen-bond acceptors (Lipinski definition) is 5. The van der Waals surface area contributed by atoms with Gasteiger partial charge in [0.2, 0.25) is 5.88 Å². The zero-order valence-corrected chi connectivity index (χ0v) is 14.8. The largest absolute Gasteiger partial charge is 0.481 e. The highest BCUT2D eigenvalue weighted by molar-refractivity contribution is 6.08. The van der Waals surface area contributed by atoms with Gasteiger partial charge in [-0.05, 0) is 30.9 Å². The van der Waals surface area contributed by atoms with E-state index >= 15 is 0 Å². The van der Waals surface area contributed by atoms with Crippen molar-refractivity contribution in [2.45, 2.75) is 6.54 Å². The second-order valence-corrected chi connectivity index (χ2v) is 5.54. The van der Waals surface area contributed by atoms with Gasteiger partial charge in [-0.3, -0.25) is 4.68 Å². The summed E-state index contributed by atoms with van der Waals surface area (Å²) in [4.78, 5) is 12.7. The van der Waals surface area contributed by atoms with E-state index in [9.17, 15) is 4.39 Å². The van der Waals surface area contributed by atoms with Crippen LogP contribution in [0.3, 0.4) is 0 Å². The summed E-state index contributed by atoms with van der Waals surface area (Å²) in [6.07, 6.45) is 4.83. The van der Waals surface area contributed by atoms with Crippen LogP contribution >= 0.6 is 0 Å². The van der Waals surface area contributed by atoms with Crippen molar-refractivity contribution < 1.29 is 9.13 Å². The fourth-order valence-electron chi connectivity index (χ4n) is 2.46. The molecule has 0 unspecified atom stereocenters. The van der Waals surface area contributed by atoms with Crippen molar-refractivity contribution in [1.82, 2.24) is 19.7 Å². The maximum absolute atomic E-state index is 14.1. The van der Waals surface area contributed by atoms with Gasteiger partial charge < -0.3 is 4.74 Å². The van der Waals surface area contributed by atoms with E-state index in [0.29, 0.717) is 28.5 Å². The van der Waals surface area contributed by atoms with Crippen LogP contribution in [0.2, 0.25) is 0 Å². The third kappa shape index (κ3) is 4.14. The standard InChI is InChI=1S/C20H18FN5O/c1-4-17(24-14(2)27-3)19-12-18(20-22-10-7-11-23-20)25-26(19)13-15-8-5-6-9-16(15)21/h4-12H,1-2,13H2,3H3. The fraction of sp³-hybridized carbons (Fsp3) is 0.100. The Balaban J connectivity index is 2.10. The maximum Gasteiger partial charge on any atom is 0.206 e. The van der Waals surface area contributed by atoms with Gasteiger partial charge in [-0.2, -0.15) is 5.10 Å². The SMILES string of the molecule is C=CC(=NC(=C)OC)c1cc(-c2ncccn2)nn1Cc1ccccc1F. The van der Waals surface area contributed by atoms with Gasteiger partial charge in [0.15, 0.2) is 5.82 Å². The first-order chi connectivity index (χ1) is 13.1. The number of benzene rings is 1. The van der Waals surface area contributed by atoms with E-state index < -0.39 is 0 Å². The number of ether oxygens (including phenoxy) is 1. The fourth-order valence-corrected chi connectivity index (χ4v) is 2.46. The molecule has 1 aromatic carbocycles. The molecule has 7 heteroatoms. The lowest BCUT2D eigenvalue weighted by Crippen LogP contribution is -2.12. The van der Waals surface area contributed by atoms with Crippen molar-refractivity contribution in [2.24, 2.45) is 4.99 Å². The summed E-state index contributed by atoms with van der Waals surface area (Å²) in [7, 11) is 1.48. The van der Waals surface area contributed by atoms with Gasteiger partial charge in [0.1, 0.15) is 11.5 Å². The van der Waals surface area contributed by atoms with Crippen molar-refractivity contribution in [3.05, 3.63) is 91.0 Å². The Bertz CT molecular complexity index is 995. The summed E-state index contributed by atoms with van der Waals surface area (Å²) in [5.41, 5.74) is 2.15. The Kier molecular flexibility index (Phi) is 5.51. The third-order valence-corrected chi connectivity index (χ3v) is 3.79. The van der Waals surface area contributed by atoms with Crippen LogP contribution in [0.4, 0.5) is 4.39 Å². The van der Waals surface area contributed by atoms with Crippen LogP contribution in [0.1, 0.15) is 11.3 Å². The molecule has 0 bridgehead atoms. The predicted octanol–water partition coefficient (Wildman–Crippen LogP) is 3.62. The molecule has 0 atom stereocenters. The van der Waals surface area contributed by atoms with Gasteiger partial charge in [0.05, 0.1) is 25.1 Å². The summed E-state index contributed by atoms with van der Waals surface area (Å²) < 4.78 is 20.8. The molecule has 0 N–H and O–H groups in total. The van der Waals surface area contributed by atoms with E-state index in [0.717, 1.165) is 0 Å². The first kappa shape index (κ1) is 18.2. The second-order valence-electron chi connectivity index (χ2n) is 5.54. The monoisotopic (exact) mass is 363 g/mol. The minimum absolute atomic E-state index is 0.209. The van der Waals surface area contributed by atoms with Crippen molar-refractivity contribution in [1.29, 1.82) is 0 Å². The number of aromatic nitrogens is 4. The molecule has 0 aliphatic heterocycles. The predicted molar refractivity (Wildman–Crippen MR) is 102 cm³/mol. The third-order valence-electron chi connectivity index (χ3n) is 3.79. The summed E-state index contributed by atoms with van der Waals surface area (Å²) in [6, 6.07) is 10.0. The summed E-state index contributed by atoms with van der Waals surface area (Å²) in [5, 5.41) is 4.54. The van der Waals surface area contributed by atoms with Gasteiger partial charge in [0, 0.05) is 18.0 Å². The van der Waals surface area contributed by atoms with Gasteiger partial charge in [-0.1, -0.05) is 24.8 Å². The zero-order valence-electron chi connectivity index (χ0n) is 14.8. The van der Waals surface area contributed by atoms with Crippen LogP contribution in [-0.2, 0) is 11.3 Å². The van der Waals surface area contributed by atoms with Crippen molar-refractivity contribution >= 4 is 5.71 Å². The average molecular weight is 363 g/mol. The quantitative estimate of drug-likeness (QED) is 0.475. The van der Waals surface area contributed by atoms with Gasteiger partial charge in [-0.25, -0.2) is 19.4 Å². The Morgan fingerprint density at radius 2 is 2.00 bits per heavy atom. The molecule has 0 aliphatic carbocycles. The average Bonchev–Trinajstić information content (AvgIpc) is 3.12. The molecule has 0 saturated heterocycles.